The van der Waals surface area contributed by atoms with Crippen LogP contribution in [-0.2, 0) is 14.2 Å². The molecule has 0 aromatic carbocycles. The molecule has 0 aromatic heterocycles. The summed E-state index contributed by atoms with van der Waals surface area (Å²) in [6.07, 6.45) is 1.02. The fraction of sp³-hybridized carbons (Fsp3) is 1.00. The van der Waals surface area contributed by atoms with Gasteiger partial charge in [-0.25, -0.2) is 0 Å². The summed E-state index contributed by atoms with van der Waals surface area (Å²) in [7, 11) is 3.02. The van der Waals surface area contributed by atoms with Crippen molar-refractivity contribution >= 4 is 0 Å². The number of aliphatic hydroxyl groups is 1. The number of methoxy groups -OCH3 is 2. The van der Waals surface area contributed by atoms with Crippen LogP contribution < -0.4 is 5.73 Å². The van der Waals surface area contributed by atoms with Gasteiger partial charge in [-0.15, -0.1) is 0 Å². The number of ether oxygens (including phenoxy) is 3. The van der Waals surface area contributed by atoms with E-state index in [-0.39, 0.29) is 0 Å². The quantitative estimate of drug-likeness (QED) is 0.659. The number of hydrogen-bond donors (Lipinski definition) is 2. The van der Waals surface area contributed by atoms with Crippen molar-refractivity contribution in [3.8, 4) is 0 Å². The molecule has 1 aliphatic rings. The lowest BCUT2D eigenvalue weighted by molar-refractivity contribution is -0.265. The van der Waals surface area contributed by atoms with Crippen molar-refractivity contribution in [2.45, 2.75) is 31.7 Å². The molecule has 96 valence electrons. The minimum Gasteiger partial charge on any atom is -0.384 e. The zero-order chi connectivity index (χ0) is 12.2. The van der Waals surface area contributed by atoms with Gasteiger partial charge in [0.1, 0.15) is 5.60 Å². The van der Waals surface area contributed by atoms with E-state index in [2.05, 4.69) is 0 Å². The summed E-state index contributed by atoms with van der Waals surface area (Å²) in [5.74, 6) is 0. The Morgan fingerprint density at radius 1 is 1.50 bits per heavy atom. The molecule has 0 saturated carbocycles. The zero-order valence-corrected chi connectivity index (χ0v) is 10.4. The fourth-order valence-electron chi connectivity index (χ4n) is 2.42. The van der Waals surface area contributed by atoms with E-state index >= 15 is 0 Å². The molecule has 1 saturated heterocycles. The van der Waals surface area contributed by atoms with Crippen LogP contribution in [0.2, 0.25) is 0 Å². The smallest absolute Gasteiger partial charge is 0.186 e. The minimum atomic E-state index is -1.16. The van der Waals surface area contributed by atoms with Crippen molar-refractivity contribution < 1.29 is 19.3 Å². The van der Waals surface area contributed by atoms with Crippen LogP contribution in [0, 0.1) is 5.41 Å². The molecule has 2 unspecified atom stereocenters. The van der Waals surface area contributed by atoms with Crippen molar-refractivity contribution in [2.24, 2.45) is 11.1 Å². The lowest BCUT2D eigenvalue weighted by Gasteiger charge is -2.49. The summed E-state index contributed by atoms with van der Waals surface area (Å²) in [4.78, 5) is 0. The summed E-state index contributed by atoms with van der Waals surface area (Å²) in [5.41, 5.74) is 4.16. The number of nitrogens with two attached hydrogens (primary N) is 1. The molecule has 1 rings (SSSR count). The van der Waals surface area contributed by atoms with Gasteiger partial charge in [0, 0.05) is 32.8 Å². The average molecular weight is 233 g/mol. The Labute approximate surface area is 96.9 Å². The van der Waals surface area contributed by atoms with Gasteiger partial charge < -0.3 is 25.1 Å². The maximum atomic E-state index is 10.6. The van der Waals surface area contributed by atoms with Crippen LogP contribution in [-0.4, -0.2) is 51.0 Å². The Bertz CT molecular complexity index is 210. The second-order valence-corrected chi connectivity index (χ2v) is 4.59. The van der Waals surface area contributed by atoms with Gasteiger partial charge in [0.15, 0.2) is 6.29 Å². The van der Waals surface area contributed by atoms with Crippen molar-refractivity contribution in [3.63, 3.8) is 0 Å². The first-order valence-electron chi connectivity index (χ1n) is 5.60. The SMILES string of the molecule is COC(OC)C(C)(O)C1(CN)CCCOC1. The Morgan fingerprint density at radius 3 is 2.50 bits per heavy atom. The highest BCUT2D eigenvalue weighted by Gasteiger charge is 2.52. The van der Waals surface area contributed by atoms with E-state index in [9.17, 15) is 5.11 Å². The topological polar surface area (TPSA) is 73.9 Å². The predicted octanol–water partition coefficient (Wildman–Crippen LogP) is 0.112. The normalized spacial score (nSPS) is 30.4. The van der Waals surface area contributed by atoms with Crippen molar-refractivity contribution in [1.82, 2.24) is 0 Å². The third-order valence-corrected chi connectivity index (χ3v) is 3.67. The minimum absolute atomic E-state index is 0.350. The van der Waals surface area contributed by atoms with Gasteiger partial charge in [0.2, 0.25) is 0 Å². The molecule has 3 N–H and O–H groups in total. The zero-order valence-electron chi connectivity index (χ0n) is 10.4. The van der Waals surface area contributed by atoms with Crippen molar-refractivity contribution in [3.05, 3.63) is 0 Å². The van der Waals surface area contributed by atoms with E-state index in [1.807, 2.05) is 0 Å². The largest absolute Gasteiger partial charge is 0.384 e. The molecule has 0 radical (unpaired) electrons. The molecule has 0 aliphatic carbocycles. The maximum Gasteiger partial charge on any atom is 0.186 e. The summed E-state index contributed by atoms with van der Waals surface area (Å²) in [6.45, 7) is 3.22. The van der Waals surface area contributed by atoms with E-state index in [1.165, 1.54) is 14.2 Å². The lowest BCUT2D eigenvalue weighted by Crippen LogP contribution is -2.61. The van der Waals surface area contributed by atoms with Crippen molar-refractivity contribution in [2.75, 3.05) is 34.0 Å². The molecule has 1 fully saturated rings. The van der Waals surface area contributed by atoms with Crippen LogP contribution in [0.1, 0.15) is 19.8 Å². The van der Waals surface area contributed by atoms with Gasteiger partial charge in [0.05, 0.1) is 6.61 Å². The van der Waals surface area contributed by atoms with Crippen LogP contribution in [0.25, 0.3) is 0 Å². The summed E-state index contributed by atoms with van der Waals surface area (Å²) < 4.78 is 15.8. The predicted molar refractivity (Wildman–Crippen MR) is 60.0 cm³/mol. The molecule has 2 atom stereocenters. The van der Waals surface area contributed by atoms with Gasteiger partial charge in [-0.05, 0) is 19.8 Å². The maximum absolute atomic E-state index is 10.6. The molecule has 0 amide bonds. The van der Waals surface area contributed by atoms with Gasteiger partial charge >= 0.3 is 0 Å². The fourth-order valence-corrected chi connectivity index (χ4v) is 2.42. The molecule has 0 bridgehead atoms. The third-order valence-electron chi connectivity index (χ3n) is 3.67. The monoisotopic (exact) mass is 233 g/mol. The first-order valence-corrected chi connectivity index (χ1v) is 5.60. The van der Waals surface area contributed by atoms with Crippen LogP contribution in [0.3, 0.4) is 0 Å². The van der Waals surface area contributed by atoms with Gasteiger partial charge in [0.25, 0.3) is 0 Å². The second kappa shape index (κ2) is 5.42. The Morgan fingerprint density at radius 2 is 2.12 bits per heavy atom. The lowest BCUT2D eigenvalue weighted by atomic mass is 9.68. The molecule has 0 spiro atoms. The first-order chi connectivity index (χ1) is 7.54. The second-order valence-electron chi connectivity index (χ2n) is 4.59. The van der Waals surface area contributed by atoms with E-state index in [1.54, 1.807) is 6.92 Å². The molecule has 1 aliphatic heterocycles. The molecular weight excluding hydrogens is 210 g/mol. The first kappa shape index (κ1) is 13.9. The number of rotatable bonds is 5. The van der Waals surface area contributed by atoms with Gasteiger partial charge in [-0.3, -0.25) is 0 Å². The summed E-state index contributed by atoms with van der Waals surface area (Å²) in [6, 6.07) is 0. The Kier molecular flexibility index (Phi) is 4.70. The molecule has 0 aromatic rings. The Hall–Kier alpha value is -0.200. The van der Waals surface area contributed by atoms with Crippen LogP contribution in [0.15, 0.2) is 0 Å². The highest BCUT2D eigenvalue weighted by Crippen LogP contribution is 2.41. The molecule has 5 heteroatoms. The molecule has 1 heterocycles. The van der Waals surface area contributed by atoms with E-state index in [0.717, 1.165) is 19.4 Å². The van der Waals surface area contributed by atoms with Gasteiger partial charge in [-0.2, -0.15) is 0 Å². The van der Waals surface area contributed by atoms with Crippen molar-refractivity contribution in [1.29, 1.82) is 0 Å². The van der Waals surface area contributed by atoms with E-state index in [0.29, 0.717) is 13.2 Å². The summed E-state index contributed by atoms with van der Waals surface area (Å²) >= 11 is 0. The highest BCUT2D eigenvalue weighted by molar-refractivity contribution is 5.00. The number of hydrogen-bond acceptors (Lipinski definition) is 5. The van der Waals surface area contributed by atoms with Crippen LogP contribution in [0.4, 0.5) is 0 Å². The molecule has 5 nitrogen and oxygen atoms in total. The van der Waals surface area contributed by atoms with Crippen LogP contribution in [0.5, 0.6) is 0 Å². The van der Waals surface area contributed by atoms with Crippen LogP contribution >= 0.6 is 0 Å². The van der Waals surface area contributed by atoms with E-state index in [4.69, 9.17) is 19.9 Å². The molecule has 16 heavy (non-hydrogen) atoms. The van der Waals surface area contributed by atoms with E-state index < -0.39 is 17.3 Å². The third kappa shape index (κ3) is 2.24. The average Bonchev–Trinajstić information content (AvgIpc) is 2.31. The Balaban J connectivity index is 2.91. The highest BCUT2D eigenvalue weighted by atomic mass is 16.7. The standard InChI is InChI=1S/C11H23NO4/c1-10(13,9(14-2)15-3)11(7-12)5-4-6-16-8-11/h9,13H,4-8,12H2,1-3H3. The summed E-state index contributed by atoms with van der Waals surface area (Å²) in [5, 5.41) is 10.6. The van der Waals surface area contributed by atoms with Gasteiger partial charge in [-0.1, -0.05) is 0 Å². The molecular formula is C11H23NO4.